The second kappa shape index (κ2) is 9.42. The summed E-state index contributed by atoms with van der Waals surface area (Å²) < 4.78 is 71.5. The first-order chi connectivity index (χ1) is 14.1. The third-order valence-electron chi connectivity index (χ3n) is 5.47. The maximum Gasteiger partial charge on any atom is 0.417 e. The van der Waals surface area contributed by atoms with Crippen molar-refractivity contribution in [3.05, 3.63) is 28.8 Å². The van der Waals surface area contributed by atoms with E-state index < -0.39 is 31.7 Å². The Balaban J connectivity index is 1.59. The number of hydrogen-bond acceptors (Lipinski definition) is 4. The first-order valence-electron chi connectivity index (χ1n) is 9.85. The van der Waals surface area contributed by atoms with Crippen LogP contribution in [0, 0.1) is 0 Å². The van der Waals surface area contributed by atoms with Gasteiger partial charge in [0.2, 0.25) is 15.9 Å². The summed E-state index contributed by atoms with van der Waals surface area (Å²) in [5.41, 5.74) is -1.20. The Labute approximate surface area is 179 Å². The molecule has 0 atom stereocenters. The molecule has 6 nitrogen and oxygen atoms in total. The van der Waals surface area contributed by atoms with Gasteiger partial charge < -0.3 is 9.64 Å². The predicted octanol–water partition coefficient (Wildman–Crippen LogP) is 3.54. The molecule has 1 saturated heterocycles. The fourth-order valence-corrected chi connectivity index (χ4v) is 5.39. The van der Waals surface area contributed by atoms with Gasteiger partial charge in [-0.05, 0) is 31.0 Å². The van der Waals surface area contributed by atoms with E-state index in [4.69, 9.17) is 16.3 Å². The first kappa shape index (κ1) is 23.3. The zero-order valence-corrected chi connectivity index (χ0v) is 17.9. The average Bonchev–Trinajstić information content (AvgIpc) is 2.72. The van der Waals surface area contributed by atoms with Gasteiger partial charge in [-0.15, -0.1) is 0 Å². The number of halogens is 4. The van der Waals surface area contributed by atoms with Crippen molar-refractivity contribution in [2.45, 2.75) is 49.3 Å². The number of alkyl halides is 3. The number of sulfonamides is 1. The number of carbonyl (C=O) groups is 1. The zero-order chi connectivity index (χ0) is 21.9. The average molecular weight is 469 g/mol. The van der Waals surface area contributed by atoms with Crippen LogP contribution < -0.4 is 0 Å². The predicted molar refractivity (Wildman–Crippen MR) is 105 cm³/mol. The fraction of sp³-hybridized carbons (Fsp3) is 0.632. The van der Waals surface area contributed by atoms with Crippen LogP contribution in [-0.2, 0) is 25.7 Å². The molecule has 168 valence electrons. The molecule has 1 saturated carbocycles. The van der Waals surface area contributed by atoms with E-state index in [-0.39, 0.29) is 44.8 Å². The van der Waals surface area contributed by atoms with E-state index >= 15 is 0 Å². The summed E-state index contributed by atoms with van der Waals surface area (Å²) >= 11 is 5.57. The van der Waals surface area contributed by atoms with Gasteiger partial charge in [-0.3, -0.25) is 4.79 Å². The molecule has 0 N–H and O–H groups in total. The highest BCUT2D eigenvalue weighted by Crippen LogP contribution is 2.36. The van der Waals surface area contributed by atoms with Crippen molar-refractivity contribution in [3.8, 4) is 0 Å². The number of rotatable bonds is 5. The minimum absolute atomic E-state index is 0.00147. The highest BCUT2D eigenvalue weighted by Gasteiger charge is 2.36. The summed E-state index contributed by atoms with van der Waals surface area (Å²) in [5, 5.41) is -0.560. The van der Waals surface area contributed by atoms with Gasteiger partial charge >= 0.3 is 6.18 Å². The lowest BCUT2D eigenvalue weighted by Crippen LogP contribution is -2.51. The number of carbonyl (C=O) groups excluding carboxylic acids is 1. The minimum Gasteiger partial charge on any atom is -0.368 e. The van der Waals surface area contributed by atoms with E-state index in [1.165, 1.54) is 11.3 Å². The van der Waals surface area contributed by atoms with Crippen molar-refractivity contribution >= 4 is 27.5 Å². The molecule has 0 radical (unpaired) electrons. The van der Waals surface area contributed by atoms with Crippen LogP contribution in [0.5, 0.6) is 0 Å². The molecule has 2 fully saturated rings. The number of benzene rings is 1. The van der Waals surface area contributed by atoms with Crippen molar-refractivity contribution in [3.63, 3.8) is 0 Å². The van der Waals surface area contributed by atoms with Crippen LogP contribution in [-0.4, -0.2) is 62.4 Å². The largest absolute Gasteiger partial charge is 0.417 e. The zero-order valence-electron chi connectivity index (χ0n) is 16.3. The molecule has 3 rings (SSSR count). The van der Waals surface area contributed by atoms with E-state index in [1.54, 1.807) is 0 Å². The Morgan fingerprint density at radius 3 is 2.33 bits per heavy atom. The molecular weight excluding hydrogens is 445 g/mol. The first-order valence-corrected chi connectivity index (χ1v) is 11.7. The van der Waals surface area contributed by atoms with Crippen molar-refractivity contribution < 1.29 is 31.1 Å². The van der Waals surface area contributed by atoms with Crippen LogP contribution in [0.4, 0.5) is 13.2 Å². The SMILES string of the molecule is O=C(COC1CCCCC1)N1CCN(S(=O)(=O)c2ccc(Cl)c(C(F)(F)F)c2)CC1. The van der Waals surface area contributed by atoms with Crippen LogP contribution in [0.15, 0.2) is 23.1 Å². The Hall–Kier alpha value is -1.36. The third kappa shape index (κ3) is 5.46. The number of piperazine rings is 1. The van der Waals surface area contributed by atoms with E-state index in [0.717, 1.165) is 42.1 Å². The molecule has 1 aromatic rings. The summed E-state index contributed by atoms with van der Waals surface area (Å²) in [7, 11) is -4.13. The Morgan fingerprint density at radius 1 is 1.10 bits per heavy atom. The number of hydrogen-bond donors (Lipinski definition) is 0. The van der Waals surface area contributed by atoms with Gasteiger partial charge in [0, 0.05) is 26.2 Å². The smallest absolute Gasteiger partial charge is 0.368 e. The van der Waals surface area contributed by atoms with Crippen molar-refractivity contribution in [1.82, 2.24) is 9.21 Å². The molecule has 2 aliphatic rings. The lowest BCUT2D eigenvalue weighted by molar-refractivity contribution is -0.140. The van der Waals surface area contributed by atoms with E-state index in [0.29, 0.717) is 6.07 Å². The molecule has 0 aromatic heterocycles. The summed E-state index contributed by atoms with van der Waals surface area (Å²) in [5.74, 6) is -0.205. The quantitative estimate of drug-likeness (QED) is 0.663. The molecule has 1 amide bonds. The van der Waals surface area contributed by atoms with Crippen LogP contribution in [0.3, 0.4) is 0 Å². The lowest BCUT2D eigenvalue weighted by Gasteiger charge is -2.34. The highest BCUT2D eigenvalue weighted by molar-refractivity contribution is 7.89. The molecule has 1 heterocycles. The van der Waals surface area contributed by atoms with Gasteiger partial charge in [0.05, 0.1) is 21.6 Å². The molecule has 0 unspecified atom stereocenters. The van der Waals surface area contributed by atoms with Gasteiger partial charge in [0.25, 0.3) is 0 Å². The van der Waals surface area contributed by atoms with Crippen LogP contribution in [0.2, 0.25) is 5.02 Å². The standard InChI is InChI=1S/C19H24ClF3N2O4S/c20-17-7-6-15(12-16(17)19(21,22)23)30(27,28)25-10-8-24(9-11-25)18(26)13-29-14-4-2-1-3-5-14/h6-7,12,14H,1-5,8-11,13H2. The summed E-state index contributed by atoms with van der Waals surface area (Å²) in [6.45, 7) is 0.282. The second-order valence-electron chi connectivity index (χ2n) is 7.50. The molecule has 30 heavy (non-hydrogen) atoms. The van der Waals surface area contributed by atoms with Crippen LogP contribution in [0.1, 0.15) is 37.7 Å². The monoisotopic (exact) mass is 468 g/mol. The molecule has 1 aromatic carbocycles. The molecule has 0 bridgehead atoms. The lowest BCUT2D eigenvalue weighted by atomic mass is 9.98. The molecule has 1 aliphatic carbocycles. The second-order valence-corrected chi connectivity index (χ2v) is 9.84. The van der Waals surface area contributed by atoms with E-state index in [9.17, 15) is 26.4 Å². The normalized spacial score (nSPS) is 19.8. The van der Waals surface area contributed by atoms with Gasteiger partial charge in [-0.1, -0.05) is 30.9 Å². The van der Waals surface area contributed by atoms with E-state index in [2.05, 4.69) is 0 Å². The number of amides is 1. The summed E-state index contributed by atoms with van der Waals surface area (Å²) in [6.07, 6.45) is 0.596. The van der Waals surface area contributed by atoms with Crippen LogP contribution in [0.25, 0.3) is 0 Å². The van der Waals surface area contributed by atoms with Crippen molar-refractivity contribution in [2.75, 3.05) is 32.8 Å². The highest BCUT2D eigenvalue weighted by atomic mass is 35.5. The molecular formula is C19H24ClF3N2O4S. The Bertz CT molecular complexity index is 865. The summed E-state index contributed by atoms with van der Waals surface area (Å²) in [4.78, 5) is 13.4. The van der Waals surface area contributed by atoms with E-state index in [1.807, 2.05) is 0 Å². The van der Waals surface area contributed by atoms with Gasteiger partial charge in [-0.2, -0.15) is 17.5 Å². The molecule has 11 heteroatoms. The molecule has 0 spiro atoms. The number of nitrogens with zero attached hydrogens (tertiary/aromatic N) is 2. The van der Waals surface area contributed by atoms with Crippen molar-refractivity contribution in [1.29, 1.82) is 0 Å². The molecule has 1 aliphatic heterocycles. The van der Waals surface area contributed by atoms with Gasteiger partial charge in [0.15, 0.2) is 0 Å². The maximum atomic E-state index is 13.1. The van der Waals surface area contributed by atoms with Crippen molar-refractivity contribution in [2.24, 2.45) is 0 Å². The number of ether oxygens (including phenoxy) is 1. The summed E-state index contributed by atoms with van der Waals surface area (Å²) in [6, 6.07) is 2.54. The minimum atomic E-state index is -4.76. The van der Waals surface area contributed by atoms with Gasteiger partial charge in [0.1, 0.15) is 6.61 Å². The Morgan fingerprint density at radius 2 is 1.73 bits per heavy atom. The van der Waals surface area contributed by atoms with Crippen LogP contribution >= 0.6 is 11.6 Å². The fourth-order valence-electron chi connectivity index (χ4n) is 3.72. The van der Waals surface area contributed by atoms with Gasteiger partial charge in [-0.25, -0.2) is 8.42 Å². The maximum absolute atomic E-state index is 13.1. The third-order valence-corrected chi connectivity index (χ3v) is 7.69. The topological polar surface area (TPSA) is 66.9 Å². The Kier molecular flexibility index (Phi) is 7.32.